The number of ether oxygens (including phenoxy) is 2. The highest BCUT2D eigenvalue weighted by molar-refractivity contribution is 5.94. The summed E-state index contributed by atoms with van der Waals surface area (Å²) in [5.41, 5.74) is 2.53. The van der Waals surface area contributed by atoms with Gasteiger partial charge in [0.15, 0.2) is 0 Å². The molecule has 0 atom stereocenters. The fraction of sp³-hybridized carbons (Fsp3) is 0.278. The molecule has 0 spiro atoms. The summed E-state index contributed by atoms with van der Waals surface area (Å²) in [6, 6.07) is 13.0. The third-order valence-corrected chi connectivity index (χ3v) is 3.51. The number of anilines is 3. The molecule has 0 aliphatic carbocycles. The predicted molar refractivity (Wildman–Crippen MR) is 97.4 cm³/mol. The van der Waals surface area contributed by atoms with Gasteiger partial charge in [0.2, 0.25) is 5.91 Å². The summed E-state index contributed by atoms with van der Waals surface area (Å²) in [6.07, 6.45) is 0. The van der Waals surface area contributed by atoms with Crippen LogP contribution in [0, 0.1) is 0 Å². The van der Waals surface area contributed by atoms with E-state index in [1.165, 1.54) is 0 Å². The van der Waals surface area contributed by atoms with Crippen molar-refractivity contribution >= 4 is 23.0 Å². The van der Waals surface area contributed by atoms with Gasteiger partial charge >= 0.3 is 0 Å². The van der Waals surface area contributed by atoms with Crippen molar-refractivity contribution in [1.29, 1.82) is 0 Å². The Bertz CT molecular complexity index is 684. The minimum absolute atomic E-state index is 0.124. The average molecular weight is 329 g/mol. The van der Waals surface area contributed by atoms with Crippen LogP contribution >= 0.6 is 0 Å². The molecule has 128 valence electrons. The Kier molecular flexibility index (Phi) is 5.89. The summed E-state index contributed by atoms with van der Waals surface area (Å²) in [7, 11) is 7.12. The highest BCUT2D eigenvalue weighted by Gasteiger charge is 2.08. The van der Waals surface area contributed by atoms with Crippen LogP contribution in [0.25, 0.3) is 0 Å². The molecule has 0 aliphatic rings. The summed E-state index contributed by atoms with van der Waals surface area (Å²) >= 11 is 0. The SMILES string of the molecule is COc1ccc(OC)c(NCC(=O)Nc2ccc(N(C)C)cc2)c1. The van der Waals surface area contributed by atoms with Crippen molar-refractivity contribution in [2.75, 3.05) is 50.4 Å². The van der Waals surface area contributed by atoms with Crippen LogP contribution in [-0.4, -0.2) is 40.8 Å². The molecule has 0 fully saturated rings. The van der Waals surface area contributed by atoms with E-state index in [4.69, 9.17) is 9.47 Å². The first-order valence-electron chi connectivity index (χ1n) is 7.56. The molecule has 2 aromatic carbocycles. The lowest BCUT2D eigenvalue weighted by atomic mass is 10.2. The Morgan fingerprint density at radius 3 is 2.33 bits per heavy atom. The highest BCUT2D eigenvalue weighted by Crippen LogP contribution is 2.28. The lowest BCUT2D eigenvalue weighted by molar-refractivity contribution is -0.114. The standard InChI is InChI=1S/C18H23N3O3/c1-21(2)14-7-5-13(6-8-14)20-18(22)12-19-16-11-15(23-3)9-10-17(16)24-4/h5-11,19H,12H2,1-4H3,(H,20,22). The zero-order valence-electron chi connectivity index (χ0n) is 14.4. The van der Waals surface area contributed by atoms with Gasteiger partial charge in [-0.1, -0.05) is 0 Å². The van der Waals surface area contributed by atoms with Crippen LogP contribution in [0.15, 0.2) is 42.5 Å². The Morgan fingerprint density at radius 2 is 1.75 bits per heavy atom. The van der Waals surface area contributed by atoms with Gasteiger partial charge in [0.25, 0.3) is 0 Å². The monoisotopic (exact) mass is 329 g/mol. The van der Waals surface area contributed by atoms with Crippen molar-refractivity contribution in [3.8, 4) is 11.5 Å². The van der Waals surface area contributed by atoms with Gasteiger partial charge in [-0.3, -0.25) is 4.79 Å². The van der Waals surface area contributed by atoms with E-state index in [9.17, 15) is 4.79 Å². The summed E-state index contributed by atoms with van der Waals surface area (Å²) < 4.78 is 10.5. The molecule has 6 heteroatoms. The lowest BCUT2D eigenvalue weighted by Crippen LogP contribution is -2.22. The van der Waals surface area contributed by atoms with E-state index in [1.807, 2.05) is 43.3 Å². The van der Waals surface area contributed by atoms with Gasteiger partial charge in [0, 0.05) is 31.5 Å². The van der Waals surface area contributed by atoms with E-state index in [-0.39, 0.29) is 12.5 Å². The molecule has 2 N–H and O–H groups in total. The van der Waals surface area contributed by atoms with Crippen molar-refractivity contribution in [2.45, 2.75) is 0 Å². The summed E-state index contributed by atoms with van der Waals surface area (Å²) in [4.78, 5) is 14.1. The number of nitrogens with one attached hydrogen (secondary N) is 2. The second kappa shape index (κ2) is 8.10. The maximum Gasteiger partial charge on any atom is 0.243 e. The lowest BCUT2D eigenvalue weighted by Gasteiger charge is -2.14. The molecular formula is C18H23N3O3. The molecule has 0 aliphatic heterocycles. The molecule has 0 heterocycles. The molecule has 2 rings (SSSR count). The first-order valence-corrected chi connectivity index (χ1v) is 7.56. The van der Waals surface area contributed by atoms with Crippen molar-refractivity contribution in [2.24, 2.45) is 0 Å². The van der Waals surface area contributed by atoms with Gasteiger partial charge in [0.05, 0.1) is 26.5 Å². The summed E-state index contributed by atoms with van der Waals surface area (Å²) in [5, 5.41) is 5.92. The number of nitrogens with zero attached hydrogens (tertiary/aromatic N) is 1. The number of hydrogen-bond acceptors (Lipinski definition) is 5. The Labute approximate surface area is 142 Å². The van der Waals surface area contributed by atoms with E-state index in [0.717, 1.165) is 11.4 Å². The van der Waals surface area contributed by atoms with Gasteiger partial charge in [-0.25, -0.2) is 0 Å². The highest BCUT2D eigenvalue weighted by atomic mass is 16.5. The third kappa shape index (κ3) is 4.55. The molecule has 0 saturated carbocycles. The van der Waals surface area contributed by atoms with E-state index in [1.54, 1.807) is 32.4 Å². The van der Waals surface area contributed by atoms with Gasteiger partial charge in [-0.2, -0.15) is 0 Å². The van der Waals surface area contributed by atoms with Crippen LogP contribution in [0.1, 0.15) is 0 Å². The number of hydrogen-bond donors (Lipinski definition) is 2. The molecule has 0 unspecified atom stereocenters. The number of benzene rings is 2. The van der Waals surface area contributed by atoms with Crippen molar-refractivity contribution < 1.29 is 14.3 Å². The maximum absolute atomic E-state index is 12.1. The van der Waals surface area contributed by atoms with Gasteiger partial charge in [0.1, 0.15) is 11.5 Å². The number of amides is 1. The zero-order chi connectivity index (χ0) is 17.5. The van der Waals surface area contributed by atoms with Crippen LogP contribution in [0.2, 0.25) is 0 Å². The number of carbonyl (C=O) groups is 1. The van der Waals surface area contributed by atoms with E-state index in [0.29, 0.717) is 17.2 Å². The van der Waals surface area contributed by atoms with E-state index in [2.05, 4.69) is 10.6 Å². The summed E-state index contributed by atoms with van der Waals surface area (Å²) in [6.45, 7) is 0.124. The quantitative estimate of drug-likeness (QED) is 0.818. The maximum atomic E-state index is 12.1. The second-order valence-electron chi connectivity index (χ2n) is 5.41. The topological polar surface area (TPSA) is 62.8 Å². The molecule has 0 aromatic heterocycles. The van der Waals surface area contributed by atoms with Crippen LogP contribution < -0.4 is 25.0 Å². The molecule has 1 amide bonds. The van der Waals surface area contributed by atoms with Crippen LogP contribution in [0.3, 0.4) is 0 Å². The normalized spacial score (nSPS) is 10.0. The second-order valence-corrected chi connectivity index (χ2v) is 5.41. The molecule has 0 radical (unpaired) electrons. The van der Waals surface area contributed by atoms with Crippen LogP contribution in [0.5, 0.6) is 11.5 Å². The van der Waals surface area contributed by atoms with Crippen molar-refractivity contribution in [1.82, 2.24) is 0 Å². The first-order chi connectivity index (χ1) is 11.5. The van der Waals surface area contributed by atoms with E-state index >= 15 is 0 Å². The molecule has 6 nitrogen and oxygen atoms in total. The van der Waals surface area contributed by atoms with Gasteiger partial charge in [-0.15, -0.1) is 0 Å². The van der Waals surface area contributed by atoms with Crippen molar-refractivity contribution in [3.05, 3.63) is 42.5 Å². The molecule has 2 aromatic rings. The van der Waals surface area contributed by atoms with Gasteiger partial charge in [-0.05, 0) is 36.4 Å². The largest absolute Gasteiger partial charge is 0.497 e. The smallest absolute Gasteiger partial charge is 0.243 e. The fourth-order valence-electron chi connectivity index (χ4n) is 2.18. The summed E-state index contributed by atoms with van der Waals surface area (Å²) in [5.74, 6) is 1.20. The minimum atomic E-state index is -0.141. The van der Waals surface area contributed by atoms with Crippen LogP contribution in [0.4, 0.5) is 17.1 Å². The van der Waals surface area contributed by atoms with E-state index < -0.39 is 0 Å². The number of methoxy groups -OCH3 is 2. The number of carbonyl (C=O) groups excluding carboxylic acids is 1. The van der Waals surface area contributed by atoms with Gasteiger partial charge < -0.3 is 25.0 Å². The Morgan fingerprint density at radius 1 is 1.04 bits per heavy atom. The molecule has 0 saturated heterocycles. The predicted octanol–water partition coefficient (Wildman–Crippen LogP) is 2.82. The Hall–Kier alpha value is -2.89. The molecular weight excluding hydrogens is 306 g/mol. The zero-order valence-corrected chi connectivity index (χ0v) is 14.4. The fourth-order valence-corrected chi connectivity index (χ4v) is 2.18. The average Bonchev–Trinajstić information content (AvgIpc) is 2.60. The number of rotatable bonds is 7. The molecule has 0 bridgehead atoms. The molecule has 24 heavy (non-hydrogen) atoms. The van der Waals surface area contributed by atoms with Crippen molar-refractivity contribution in [3.63, 3.8) is 0 Å². The Balaban J connectivity index is 1.95. The third-order valence-electron chi connectivity index (χ3n) is 3.51. The minimum Gasteiger partial charge on any atom is -0.497 e. The first kappa shape index (κ1) is 17.5. The van der Waals surface area contributed by atoms with Crippen LogP contribution in [-0.2, 0) is 4.79 Å².